The van der Waals surface area contributed by atoms with Crippen LogP contribution in [0.15, 0.2) is 24.3 Å². The van der Waals surface area contributed by atoms with Gasteiger partial charge in [-0.25, -0.2) is 0 Å². The van der Waals surface area contributed by atoms with E-state index in [-0.39, 0.29) is 0 Å². The summed E-state index contributed by atoms with van der Waals surface area (Å²) in [7, 11) is 0. The summed E-state index contributed by atoms with van der Waals surface area (Å²) in [6.07, 6.45) is 3.94. The summed E-state index contributed by atoms with van der Waals surface area (Å²) in [5.74, 6) is 0. The number of hydrogen-bond donors (Lipinski definition) is 1. The summed E-state index contributed by atoms with van der Waals surface area (Å²) in [5, 5.41) is 4.54. The highest BCUT2D eigenvalue weighted by Gasteiger charge is 2.25. The minimum atomic E-state index is 0.361. The highest BCUT2D eigenvalue weighted by molar-refractivity contribution is 6.30. The Kier molecular flexibility index (Phi) is 5.26. The maximum absolute atomic E-state index is 6.02. The number of ether oxygens (including phenoxy) is 1. The Morgan fingerprint density at radius 2 is 2.00 bits per heavy atom. The minimum Gasteiger partial charge on any atom is -0.375 e. The van der Waals surface area contributed by atoms with Crippen LogP contribution in [0.25, 0.3) is 0 Å². The zero-order valence-electron chi connectivity index (χ0n) is 12.0. The summed E-state index contributed by atoms with van der Waals surface area (Å²) in [4.78, 5) is 0. The molecule has 1 N–H and O–H groups in total. The van der Waals surface area contributed by atoms with E-state index in [0.29, 0.717) is 24.3 Å². The Morgan fingerprint density at radius 1 is 1.32 bits per heavy atom. The summed E-state index contributed by atoms with van der Waals surface area (Å²) < 4.78 is 5.77. The fraction of sp³-hybridized carbons (Fsp3) is 0.625. The maximum atomic E-state index is 6.02. The van der Waals surface area contributed by atoms with E-state index < -0.39 is 0 Å². The molecule has 0 saturated carbocycles. The van der Waals surface area contributed by atoms with Gasteiger partial charge in [0.1, 0.15) is 0 Å². The smallest absolute Gasteiger partial charge is 0.0565 e. The highest BCUT2D eigenvalue weighted by Crippen LogP contribution is 2.20. The monoisotopic (exact) mass is 281 g/mol. The molecular formula is C16H24ClNO. The van der Waals surface area contributed by atoms with E-state index in [1.54, 1.807) is 0 Å². The number of halogens is 1. The third-order valence-corrected chi connectivity index (χ3v) is 3.88. The van der Waals surface area contributed by atoms with Gasteiger partial charge in [0.2, 0.25) is 0 Å². The molecule has 1 fully saturated rings. The molecule has 0 radical (unpaired) electrons. The summed E-state index contributed by atoms with van der Waals surface area (Å²) in [6.45, 7) is 6.56. The average Bonchev–Trinajstić information content (AvgIpc) is 2.26. The minimum absolute atomic E-state index is 0.361. The molecule has 1 aliphatic heterocycles. The van der Waals surface area contributed by atoms with E-state index in [1.165, 1.54) is 5.56 Å². The summed E-state index contributed by atoms with van der Waals surface area (Å²) in [5.41, 5.74) is 1.29. The molecule has 1 saturated heterocycles. The Balaban J connectivity index is 1.85. The van der Waals surface area contributed by atoms with Gasteiger partial charge >= 0.3 is 0 Å². The molecule has 3 heteroatoms. The predicted octanol–water partition coefficient (Wildman–Crippen LogP) is 3.82. The lowest BCUT2D eigenvalue weighted by Crippen LogP contribution is -2.45. The Bertz CT molecular complexity index is 399. The van der Waals surface area contributed by atoms with Crippen molar-refractivity contribution in [1.29, 1.82) is 0 Å². The summed E-state index contributed by atoms with van der Waals surface area (Å²) in [6, 6.07) is 9.15. The molecule has 1 aromatic carbocycles. The Labute approximate surface area is 121 Å². The SMILES string of the molecule is CC(Cc1cccc(Cl)c1)NC1CC(C)OC(C)C1. The molecule has 19 heavy (non-hydrogen) atoms. The fourth-order valence-corrected chi connectivity index (χ4v) is 3.23. The third-order valence-electron chi connectivity index (χ3n) is 3.65. The molecular weight excluding hydrogens is 258 g/mol. The first-order valence-electron chi connectivity index (χ1n) is 7.19. The van der Waals surface area contributed by atoms with Crippen molar-refractivity contribution < 1.29 is 4.74 Å². The molecule has 106 valence electrons. The molecule has 1 aromatic rings. The lowest BCUT2D eigenvalue weighted by Gasteiger charge is -2.34. The van der Waals surface area contributed by atoms with Gasteiger partial charge in [-0.3, -0.25) is 0 Å². The first-order chi connectivity index (χ1) is 9.02. The molecule has 2 rings (SSSR count). The van der Waals surface area contributed by atoms with Crippen molar-refractivity contribution in [3.8, 4) is 0 Å². The van der Waals surface area contributed by atoms with Crippen LogP contribution in [0.1, 0.15) is 39.2 Å². The van der Waals surface area contributed by atoms with Crippen LogP contribution in [-0.2, 0) is 11.2 Å². The Morgan fingerprint density at radius 3 is 2.63 bits per heavy atom. The van der Waals surface area contributed by atoms with Crippen LogP contribution in [0.4, 0.5) is 0 Å². The third kappa shape index (κ3) is 4.79. The van der Waals surface area contributed by atoms with Gasteiger partial charge in [0, 0.05) is 17.1 Å². The van der Waals surface area contributed by atoms with Crippen LogP contribution in [0, 0.1) is 0 Å². The molecule has 3 unspecified atom stereocenters. The molecule has 1 heterocycles. The van der Waals surface area contributed by atoms with E-state index in [4.69, 9.17) is 16.3 Å². The largest absolute Gasteiger partial charge is 0.375 e. The van der Waals surface area contributed by atoms with Gasteiger partial charge in [-0.2, -0.15) is 0 Å². The van der Waals surface area contributed by atoms with Gasteiger partial charge in [0.25, 0.3) is 0 Å². The van der Waals surface area contributed by atoms with Gasteiger partial charge < -0.3 is 10.1 Å². The van der Waals surface area contributed by atoms with Crippen LogP contribution < -0.4 is 5.32 Å². The van der Waals surface area contributed by atoms with E-state index in [0.717, 1.165) is 24.3 Å². The van der Waals surface area contributed by atoms with E-state index in [2.05, 4.69) is 38.2 Å². The molecule has 1 aliphatic rings. The standard InChI is InChI=1S/C16H24ClNO/c1-11(7-14-5-4-6-15(17)10-14)18-16-8-12(2)19-13(3)9-16/h4-6,10-13,16,18H,7-9H2,1-3H3. The summed E-state index contributed by atoms with van der Waals surface area (Å²) >= 11 is 6.02. The van der Waals surface area contributed by atoms with Crippen LogP contribution in [0.2, 0.25) is 5.02 Å². The van der Waals surface area contributed by atoms with Gasteiger partial charge in [-0.05, 0) is 57.7 Å². The zero-order valence-corrected chi connectivity index (χ0v) is 12.8. The number of nitrogens with one attached hydrogen (secondary N) is 1. The molecule has 0 spiro atoms. The lowest BCUT2D eigenvalue weighted by atomic mass is 9.98. The molecule has 0 aliphatic carbocycles. The topological polar surface area (TPSA) is 21.3 Å². The van der Waals surface area contributed by atoms with Crippen molar-refractivity contribution in [3.63, 3.8) is 0 Å². The number of hydrogen-bond acceptors (Lipinski definition) is 2. The van der Waals surface area contributed by atoms with Gasteiger partial charge in [-0.15, -0.1) is 0 Å². The van der Waals surface area contributed by atoms with E-state index >= 15 is 0 Å². The molecule has 0 amide bonds. The van der Waals surface area contributed by atoms with E-state index in [9.17, 15) is 0 Å². The van der Waals surface area contributed by atoms with Gasteiger partial charge in [0.15, 0.2) is 0 Å². The number of benzene rings is 1. The zero-order chi connectivity index (χ0) is 13.8. The van der Waals surface area contributed by atoms with Gasteiger partial charge in [-0.1, -0.05) is 23.7 Å². The predicted molar refractivity (Wildman–Crippen MR) is 80.8 cm³/mol. The second kappa shape index (κ2) is 6.74. The highest BCUT2D eigenvalue weighted by atomic mass is 35.5. The first-order valence-corrected chi connectivity index (χ1v) is 7.56. The number of rotatable bonds is 4. The van der Waals surface area contributed by atoms with Crippen molar-refractivity contribution >= 4 is 11.6 Å². The van der Waals surface area contributed by atoms with Crippen LogP contribution in [0.3, 0.4) is 0 Å². The van der Waals surface area contributed by atoms with Crippen molar-refractivity contribution in [2.24, 2.45) is 0 Å². The van der Waals surface area contributed by atoms with Crippen molar-refractivity contribution in [1.82, 2.24) is 5.32 Å². The molecule has 0 aromatic heterocycles. The van der Waals surface area contributed by atoms with E-state index in [1.807, 2.05) is 12.1 Å². The van der Waals surface area contributed by atoms with Crippen molar-refractivity contribution in [2.45, 2.75) is 64.3 Å². The quantitative estimate of drug-likeness (QED) is 0.906. The molecule has 3 atom stereocenters. The van der Waals surface area contributed by atoms with Crippen LogP contribution in [-0.4, -0.2) is 24.3 Å². The molecule has 0 bridgehead atoms. The van der Waals surface area contributed by atoms with Crippen LogP contribution >= 0.6 is 11.6 Å². The fourth-order valence-electron chi connectivity index (χ4n) is 3.02. The van der Waals surface area contributed by atoms with Crippen molar-refractivity contribution in [2.75, 3.05) is 0 Å². The van der Waals surface area contributed by atoms with Crippen LogP contribution in [0.5, 0.6) is 0 Å². The second-order valence-corrected chi connectivity index (χ2v) is 6.26. The maximum Gasteiger partial charge on any atom is 0.0565 e. The van der Waals surface area contributed by atoms with Gasteiger partial charge in [0.05, 0.1) is 12.2 Å². The second-order valence-electron chi connectivity index (χ2n) is 5.83. The molecule has 2 nitrogen and oxygen atoms in total. The normalized spacial score (nSPS) is 29.2. The van der Waals surface area contributed by atoms with Crippen molar-refractivity contribution in [3.05, 3.63) is 34.9 Å². The first kappa shape index (κ1) is 14.8. The average molecular weight is 282 g/mol. The lowest BCUT2D eigenvalue weighted by molar-refractivity contribution is -0.0432. The Hall–Kier alpha value is -0.570.